The number of benzene rings is 1. The zero-order valence-corrected chi connectivity index (χ0v) is 12.5. The molecule has 0 aliphatic heterocycles. The maximum atomic E-state index is 12.4. The van der Waals surface area contributed by atoms with Gasteiger partial charge >= 0.3 is 0 Å². The quantitative estimate of drug-likeness (QED) is 0.833. The second-order valence-corrected chi connectivity index (χ2v) is 6.90. The molecule has 0 bridgehead atoms. The second kappa shape index (κ2) is 6.56. The van der Waals surface area contributed by atoms with Crippen molar-refractivity contribution in [2.24, 2.45) is 11.7 Å². The minimum Gasteiger partial charge on any atom is -0.497 e. The van der Waals surface area contributed by atoms with E-state index in [1.807, 2.05) is 0 Å². The fourth-order valence-electron chi connectivity index (χ4n) is 2.72. The zero-order chi connectivity index (χ0) is 14.6. The Kier molecular flexibility index (Phi) is 5.01. The van der Waals surface area contributed by atoms with E-state index in [1.165, 1.54) is 0 Å². The average molecular weight is 298 g/mol. The van der Waals surface area contributed by atoms with Crippen LogP contribution in [-0.2, 0) is 10.0 Å². The van der Waals surface area contributed by atoms with Crippen molar-refractivity contribution < 1.29 is 13.2 Å². The molecule has 0 amide bonds. The number of nitrogens with one attached hydrogen (secondary N) is 1. The largest absolute Gasteiger partial charge is 0.497 e. The highest BCUT2D eigenvalue weighted by atomic mass is 32.2. The lowest BCUT2D eigenvalue weighted by Crippen LogP contribution is -2.44. The predicted octanol–water partition coefficient (Wildman–Crippen LogP) is 1.49. The first-order chi connectivity index (χ1) is 9.56. The first-order valence-corrected chi connectivity index (χ1v) is 8.41. The molecule has 0 aromatic heterocycles. The summed E-state index contributed by atoms with van der Waals surface area (Å²) in [5, 5.41) is 0. The second-order valence-electron chi connectivity index (χ2n) is 5.18. The lowest BCUT2D eigenvalue weighted by atomic mass is 9.99. The summed E-state index contributed by atoms with van der Waals surface area (Å²) < 4.78 is 32.5. The Bertz CT molecular complexity index is 522. The molecule has 1 aromatic carbocycles. The molecule has 0 radical (unpaired) electrons. The summed E-state index contributed by atoms with van der Waals surface area (Å²) >= 11 is 0. The van der Waals surface area contributed by atoms with Gasteiger partial charge < -0.3 is 10.5 Å². The molecule has 1 saturated carbocycles. The first kappa shape index (κ1) is 15.3. The first-order valence-electron chi connectivity index (χ1n) is 6.93. The van der Waals surface area contributed by atoms with Crippen molar-refractivity contribution in [2.75, 3.05) is 13.7 Å². The highest BCUT2D eigenvalue weighted by molar-refractivity contribution is 7.89. The molecule has 3 N–H and O–H groups in total. The highest BCUT2D eigenvalue weighted by Gasteiger charge is 2.28. The molecule has 0 saturated heterocycles. The summed E-state index contributed by atoms with van der Waals surface area (Å²) in [5.41, 5.74) is 5.74. The van der Waals surface area contributed by atoms with Crippen LogP contribution in [0.25, 0.3) is 0 Å². The van der Waals surface area contributed by atoms with Crippen LogP contribution < -0.4 is 15.2 Å². The zero-order valence-electron chi connectivity index (χ0n) is 11.7. The van der Waals surface area contributed by atoms with E-state index in [-0.39, 0.29) is 10.9 Å². The molecule has 1 unspecified atom stereocenters. The van der Waals surface area contributed by atoms with E-state index in [0.29, 0.717) is 18.2 Å². The third kappa shape index (κ3) is 3.50. The van der Waals surface area contributed by atoms with E-state index in [1.54, 1.807) is 31.4 Å². The van der Waals surface area contributed by atoms with Crippen molar-refractivity contribution in [3.8, 4) is 5.75 Å². The van der Waals surface area contributed by atoms with Gasteiger partial charge in [0.1, 0.15) is 5.75 Å². The molecular formula is C14H22N2O3S. The highest BCUT2D eigenvalue weighted by Crippen LogP contribution is 2.28. The molecule has 0 spiro atoms. The molecular weight excluding hydrogens is 276 g/mol. The number of rotatable bonds is 6. The van der Waals surface area contributed by atoms with Crippen LogP contribution in [0.3, 0.4) is 0 Å². The predicted molar refractivity (Wildman–Crippen MR) is 78.1 cm³/mol. The minimum absolute atomic E-state index is 0.176. The Morgan fingerprint density at radius 3 is 2.40 bits per heavy atom. The van der Waals surface area contributed by atoms with E-state index in [9.17, 15) is 8.42 Å². The normalized spacial score (nSPS) is 18.1. The summed E-state index contributed by atoms with van der Waals surface area (Å²) in [6.45, 7) is 0.333. The van der Waals surface area contributed by atoms with Crippen molar-refractivity contribution >= 4 is 10.0 Å². The van der Waals surface area contributed by atoms with Crippen LogP contribution in [0.5, 0.6) is 5.75 Å². The number of methoxy groups -OCH3 is 1. The van der Waals surface area contributed by atoms with Crippen LogP contribution in [0.2, 0.25) is 0 Å². The molecule has 0 heterocycles. The molecule has 20 heavy (non-hydrogen) atoms. The van der Waals surface area contributed by atoms with Crippen molar-refractivity contribution in [3.05, 3.63) is 24.3 Å². The Hall–Kier alpha value is -1.11. The van der Waals surface area contributed by atoms with Gasteiger partial charge in [-0.05, 0) is 43.0 Å². The van der Waals surface area contributed by atoms with Crippen molar-refractivity contribution in [1.82, 2.24) is 4.72 Å². The number of sulfonamides is 1. The molecule has 2 rings (SSSR count). The minimum atomic E-state index is -3.52. The van der Waals surface area contributed by atoms with E-state index in [2.05, 4.69) is 4.72 Å². The van der Waals surface area contributed by atoms with Gasteiger partial charge in [0.15, 0.2) is 0 Å². The van der Waals surface area contributed by atoms with Gasteiger partial charge in [-0.3, -0.25) is 0 Å². The average Bonchev–Trinajstić information content (AvgIpc) is 2.99. The van der Waals surface area contributed by atoms with Gasteiger partial charge in [-0.1, -0.05) is 12.8 Å². The van der Waals surface area contributed by atoms with Crippen molar-refractivity contribution in [3.63, 3.8) is 0 Å². The molecule has 5 nitrogen and oxygen atoms in total. The van der Waals surface area contributed by atoms with Gasteiger partial charge in [0.25, 0.3) is 0 Å². The van der Waals surface area contributed by atoms with Crippen LogP contribution >= 0.6 is 0 Å². The smallest absolute Gasteiger partial charge is 0.240 e. The van der Waals surface area contributed by atoms with Crippen LogP contribution in [-0.4, -0.2) is 28.1 Å². The summed E-state index contributed by atoms with van der Waals surface area (Å²) in [5.74, 6) is 0.989. The number of nitrogens with two attached hydrogens (primary N) is 1. The van der Waals surface area contributed by atoms with Gasteiger partial charge in [-0.25, -0.2) is 13.1 Å². The van der Waals surface area contributed by atoms with Gasteiger partial charge in [0.05, 0.1) is 12.0 Å². The molecule has 6 heteroatoms. The van der Waals surface area contributed by atoms with Gasteiger partial charge in [-0.2, -0.15) is 0 Å². The molecule has 112 valence electrons. The lowest BCUT2D eigenvalue weighted by Gasteiger charge is -2.23. The fourth-order valence-corrected chi connectivity index (χ4v) is 4.04. The van der Waals surface area contributed by atoms with Crippen LogP contribution in [0.15, 0.2) is 29.2 Å². The maximum Gasteiger partial charge on any atom is 0.240 e. The van der Waals surface area contributed by atoms with Crippen LogP contribution in [0, 0.1) is 5.92 Å². The molecule has 1 aliphatic carbocycles. The Morgan fingerprint density at radius 2 is 1.90 bits per heavy atom. The third-order valence-corrected chi connectivity index (χ3v) is 5.40. The molecule has 1 aliphatic rings. The van der Waals surface area contributed by atoms with Crippen LogP contribution in [0.1, 0.15) is 25.7 Å². The summed E-state index contributed by atoms with van der Waals surface area (Å²) in [6.07, 6.45) is 4.41. The third-order valence-electron chi connectivity index (χ3n) is 3.90. The number of ether oxygens (including phenoxy) is 1. The van der Waals surface area contributed by atoms with E-state index in [0.717, 1.165) is 25.7 Å². The maximum absolute atomic E-state index is 12.4. The van der Waals surface area contributed by atoms with Crippen molar-refractivity contribution in [2.45, 2.75) is 36.6 Å². The van der Waals surface area contributed by atoms with Crippen LogP contribution in [0.4, 0.5) is 0 Å². The fraction of sp³-hybridized carbons (Fsp3) is 0.571. The summed E-state index contributed by atoms with van der Waals surface area (Å²) in [7, 11) is -1.97. The molecule has 1 atom stereocenters. The van der Waals surface area contributed by atoms with Gasteiger partial charge in [0, 0.05) is 12.6 Å². The monoisotopic (exact) mass is 298 g/mol. The van der Waals surface area contributed by atoms with E-state index >= 15 is 0 Å². The lowest BCUT2D eigenvalue weighted by molar-refractivity contribution is 0.405. The molecule has 1 fully saturated rings. The van der Waals surface area contributed by atoms with E-state index < -0.39 is 10.0 Å². The SMILES string of the molecule is COc1ccc(S(=O)(=O)NC(CN)C2CCCC2)cc1. The topological polar surface area (TPSA) is 81.4 Å². The summed E-state index contributed by atoms with van der Waals surface area (Å²) in [6, 6.07) is 6.19. The van der Waals surface area contributed by atoms with Gasteiger partial charge in [0.2, 0.25) is 10.0 Å². The number of hydrogen-bond donors (Lipinski definition) is 2. The molecule has 1 aromatic rings. The van der Waals surface area contributed by atoms with Gasteiger partial charge in [-0.15, -0.1) is 0 Å². The summed E-state index contributed by atoms with van der Waals surface area (Å²) in [4.78, 5) is 0.245. The number of hydrogen-bond acceptors (Lipinski definition) is 4. The Balaban J connectivity index is 2.11. The Morgan fingerprint density at radius 1 is 1.30 bits per heavy atom. The van der Waals surface area contributed by atoms with E-state index in [4.69, 9.17) is 10.5 Å². The Labute approximate surface area is 120 Å². The standard InChI is InChI=1S/C14H22N2O3S/c1-19-12-6-8-13(9-7-12)20(17,18)16-14(10-15)11-4-2-3-5-11/h6-9,11,14,16H,2-5,10,15H2,1H3. The van der Waals surface area contributed by atoms with Crippen molar-refractivity contribution in [1.29, 1.82) is 0 Å².